The van der Waals surface area contributed by atoms with Crippen molar-refractivity contribution in [2.45, 2.75) is 18.9 Å². The molecule has 25 heavy (non-hydrogen) atoms. The van der Waals surface area contributed by atoms with Crippen molar-refractivity contribution < 1.29 is 14.3 Å². The summed E-state index contributed by atoms with van der Waals surface area (Å²) in [5.74, 6) is 0.438. The quantitative estimate of drug-likeness (QED) is 0.803. The first kappa shape index (κ1) is 17.3. The Morgan fingerprint density at radius 1 is 1.08 bits per heavy atom. The number of hydrogen-bond acceptors (Lipinski definition) is 3. The Labute approximate surface area is 151 Å². The van der Waals surface area contributed by atoms with Crippen LogP contribution in [0.5, 0.6) is 5.75 Å². The van der Waals surface area contributed by atoms with Crippen LogP contribution in [0.4, 0.5) is 4.79 Å². The van der Waals surface area contributed by atoms with E-state index in [1.807, 2.05) is 37.3 Å². The maximum Gasteiger partial charge on any atom is 0.325 e. The molecule has 1 aliphatic rings. The van der Waals surface area contributed by atoms with Crippen LogP contribution in [0.25, 0.3) is 0 Å². The van der Waals surface area contributed by atoms with Gasteiger partial charge >= 0.3 is 6.03 Å². The summed E-state index contributed by atoms with van der Waals surface area (Å²) < 4.78 is 5.60. The highest BCUT2D eigenvalue weighted by Crippen LogP contribution is 2.33. The van der Waals surface area contributed by atoms with Crippen molar-refractivity contribution in [3.8, 4) is 5.75 Å². The Kier molecular flexibility index (Phi) is 4.95. The van der Waals surface area contributed by atoms with Gasteiger partial charge in [0.2, 0.25) is 0 Å². The number of nitrogens with one attached hydrogen (secondary N) is 1. The van der Waals surface area contributed by atoms with E-state index in [9.17, 15) is 9.59 Å². The maximum atomic E-state index is 13.0. The average Bonchev–Trinajstić information content (AvgIpc) is 2.88. The van der Waals surface area contributed by atoms with Crippen LogP contribution in [0.15, 0.2) is 54.6 Å². The molecule has 0 unspecified atom stereocenters. The molecule has 0 bridgehead atoms. The first-order valence-corrected chi connectivity index (χ1v) is 8.52. The summed E-state index contributed by atoms with van der Waals surface area (Å²) in [5, 5.41) is 3.42. The van der Waals surface area contributed by atoms with Gasteiger partial charge in [-0.15, -0.1) is 0 Å². The first-order chi connectivity index (χ1) is 12.1. The third kappa shape index (κ3) is 3.33. The lowest BCUT2D eigenvalue weighted by molar-refractivity contribution is -0.132. The molecule has 1 saturated heterocycles. The molecule has 0 aromatic heterocycles. The van der Waals surface area contributed by atoms with E-state index in [0.717, 1.165) is 5.56 Å². The third-order valence-electron chi connectivity index (χ3n) is 4.37. The normalized spacial score (nSPS) is 19.8. The molecule has 5 nitrogen and oxygen atoms in total. The van der Waals surface area contributed by atoms with Gasteiger partial charge < -0.3 is 10.1 Å². The Morgan fingerprint density at radius 2 is 1.76 bits per heavy atom. The number of nitrogens with zero attached hydrogens (tertiary/aromatic N) is 1. The molecule has 1 aliphatic heterocycles. The fraction of sp³-hybridized carbons (Fsp3) is 0.263. The monoisotopic (exact) mass is 358 g/mol. The predicted molar refractivity (Wildman–Crippen MR) is 95.6 cm³/mol. The van der Waals surface area contributed by atoms with Gasteiger partial charge in [-0.3, -0.25) is 9.69 Å². The van der Waals surface area contributed by atoms with E-state index < -0.39 is 11.6 Å². The Morgan fingerprint density at radius 3 is 2.40 bits per heavy atom. The maximum absolute atomic E-state index is 13.0. The van der Waals surface area contributed by atoms with Crippen molar-refractivity contribution in [1.29, 1.82) is 0 Å². The molecule has 0 radical (unpaired) electrons. The number of benzene rings is 2. The largest absolute Gasteiger partial charge is 0.492 e. The molecule has 0 saturated carbocycles. The van der Waals surface area contributed by atoms with Gasteiger partial charge in [-0.2, -0.15) is 0 Å². The SMILES string of the molecule is CC[C@@]1(c2ccc(Cl)cc2)NC(=O)N(CCOc2ccccc2)C1=O. The van der Waals surface area contributed by atoms with Gasteiger partial charge in [0.05, 0.1) is 6.54 Å². The third-order valence-corrected chi connectivity index (χ3v) is 4.62. The summed E-state index contributed by atoms with van der Waals surface area (Å²) in [6.45, 7) is 2.30. The molecule has 3 amide bonds. The number of hydrogen-bond donors (Lipinski definition) is 1. The van der Waals surface area contributed by atoms with Crippen LogP contribution >= 0.6 is 11.6 Å². The molecule has 0 aliphatic carbocycles. The van der Waals surface area contributed by atoms with Crippen molar-refractivity contribution >= 4 is 23.5 Å². The van der Waals surface area contributed by atoms with Gasteiger partial charge in [0.25, 0.3) is 5.91 Å². The van der Waals surface area contributed by atoms with E-state index in [0.29, 0.717) is 17.2 Å². The zero-order valence-corrected chi connectivity index (χ0v) is 14.6. The molecule has 1 heterocycles. The van der Waals surface area contributed by atoms with Gasteiger partial charge in [0.1, 0.15) is 17.9 Å². The topological polar surface area (TPSA) is 58.6 Å². The van der Waals surface area contributed by atoms with Crippen molar-refractivity contribution in [2.24, 2.45) is 0 Å². The van der Waals surface area contributed by atoms with Gasteiger partial charge in [0, 0.05) is 5.02 Å². The Hall–Kier alpha value is -2.53. The van der Waals surface area contributed by atoms with Crippen LogP contribution in [-0.2, 0) is 10.3 Å². The second kappa shape index (κ2) is 7.15. The standard InChI is InChI=1S/C19H19ClN2O3/c1-2-19(14-8-10-15(20)11-9-14)17(23)22(18(24)21-19)12-13-25-16-6-4-3-5-7-16/h3-11H,2,12-13H2,1H3,(H,21,24)/t19-/m0/s1. The lowest BCUT2D eigenvalue weighted by Crippen LogP contribution is -2.43. The van der Waals surface area contributed by atoms with Gasteiger partial charge in [0.15, 0.2) is 0 Å². The molecule has 2 aromatic carbocycles. The number of amides is 3. The summed E-state index contributed by atoms with van der Waals surface area (Å²) in [5.41, 5.74) is -0.321. The van der Waals surface area contributed by atoms with E-state index in [4.69, 9.17) is 16.3 Å². The van der Waals surface area contributed by atoms with Gasteiger partial charge in [-0.1, -0.05) is 48.9 Å². The number of ether oxygens (including phenoxy) is 1. The van der Waals surface area contributed by atoms with Crippen LogP contribution in [0.3, 0.4) is 0 Å². The van der Waals surface area contributed by atoms with E-state index >= 15 is 0 Å². The molecule has 2 aromatic rings. The molecular formula is C19H19ClN2O3. The van der Waals surface area contributed by atoms with E-state index in [2.05, 4.69) is 5.32 Å². The Balaban J connectivity index is 1.73. The average molecular weight is 359 g/mol. The molecule has 1 atom stereocenters. The van der Waals surface area contributed by atoms with Crippen molar-refractivity contribution in [3.63, 3.8) is 0 Å². The fourth-order valence-electron chi connectivity index (χ4n) is 2.97. The second-order valence-corrected chi connectivity index (χ2v) is 6.25. The lowest BCUT2D eigenvalue weighted by Gasteiger charge is -2.25. The minimum absolute atomic E-state index is 0.189. The number of carbonyl (C=O) groups is 2. The molecule has 1 fully saturated rings. The minimum Gasteiger partial charge on any atom is -0.492 e. The highest BCUT2D eigenvalue weighted by molar-refractivity contribution is 6.30. The van der Waals surface area contributed by atoms with Crippen LogP contribution < -0.4 is 10.1 Å². The van der Waals surface area contributed by atoms with Crippen molar-refractivity contribution in [3.05, 3.63) is 65.2 Å². The minimum atomic E-state index is -1.05. The van der Waals surface area contributed by atoms with E-state index in [1.165, 1.54) is 4.90 Å². The number of imide groups is 1. The van der Waals surface area contributed by atoms with Crippen LogP contribution in [0, 0.1) is 0 Å². The van der Waals surface area contributed by atoms with Crippen molar-refractivity contribution in [1.82, 2.24) is 10.2 Å². The number of urea groups is 1. The summed E-state index contributed by atoms with van der Waals surface area (Å²) in [7, 11) is 0. The molecule has 1 N–H and O–H groups in total. The van der Waals surface area contributed by atoms with Gasteiger partial charge in [-0.25, -0.2) is 4.79 Å². The Bertz CT molecular complexity index is 764. The highest BCUT2D eigenvalue weighted by Gasteiger charge is 2.50. The predicted octanol–water partition coefficient (Wildman–Crippen LogP) is 3.58. The smallest absolute Gasteiger partial charge is 0.325 e. The summed E-state index contributed by atoms with van der Waals surface area (Å²) in [6.07, 6.45) is 0.454. The molecule has 6 heteroatoms. The van der Waals surface area contributed by atoms with Crippen molar-refractivity contribution in [2.75, 3.05) is 13.2 Å². The van der Waals surface area contributed by atoms with Crippen LogP contribution in [0.2, 0.25) is 5.02 Å². The zero-order chi connectivity index (χ0) is 17.9. The summed E-state index contributed by atoms with van der Waals surface area (Å²) in [6, 6.07) is 15.9. The van der Waals surface area contributed by atoms with Crippen LogP contribution in [-0.4, -0.2) is 30.0 Å². The molecule has 130 valence electrons. The van der Waals surface area contributed by atoms with E-state index in [-0.39, 0.29) is 19.1 Å². The second-order valence-electron chi connectivity index (χ2n) is 5.81. The molecule has 0 spiro atoms. The fourth-order valence-corrected chi connectivity index (χ4v) is 3.10. The van der Waals surface area contributed by atoms with Gasteiger partial charge in [-0.05, 0) is 36.2 Å². The lowest BCUT2D eigenvalue weighted by atomic mass is 9.87. The van der Waals surface area contributed by atoms with Crippen LogP contribution in [0.1, 0.15) is 18.9 Å². The van der Waals surface area contributed by atoms with E-state index in [1.54, 1.807) is 24.3 Å². The summed E-state index contributed by atoms with van der Waals surface area (Å²) in [4.78, 5) is 26.5. The molecular weight excluding hydrogens is 340 g/mol. The zero-order valence-electron chi connectivity index (χ0n) is 13.9. The number of carbonyl (C=O) groups excluding carboxylic acids is 2. The first-order valence-electron chi connectivity index (χ1n) is 8.15. The molecule has 3 rings (SSSR count). The number of halogens is 1. The number of para-hydroxylation sites is 1. The highest BCUT2D eigenvalue weighted by atomic mass is 35.5. The summed E-state index contributed by atoms with van der Waals surface area (Å²) >= 11 is 5.93. The number of rotatable bonds is 6.